The van der Waals surface area contributed by atoms with Gasteiger partial charge < -0.3 is 11.1 Å². The van der Waals surface area contributed by atoms with Crippen molar-refractivity contribution in [2.45, 2.75) is 76.8 Å². The number of allylic oxidation sites excluding steroid dienone is 2. The number of hydrogen-bond acceptors (Lipinski definition) is 5. The molecule has 1 saturated carbocycles. The number of ketones is 1. The molecule has 3 aliphatic rings. The minimum absolute atomic E-state index is 0.0117. The van der Waals surface area contributed by atoms with Crippen LogP contribution < -0.4 is 11.1 Å². The first kappa shape index (κ1) is 31.1. The van der Waals surface area contributed by atoms with Crippen molar-refractivity contribution in [3.05, 3.63) is 106 Å². The zero-order valence-corrected chi connectivity index (χ0v) is 26.0. The maximum atomic E-state index is 12.8. The second-order valence-electron chi connectivity index (χ2n) is 11.6. The molecule has 3 aromatic rings. The molecule has 224 valence electrons. The Bertz CT molecular complexity index is 1540. The van der Waals surface area contributed by atoms with E-state index in [1.54, 1.807) is 6.92 Å². The molecule has 1 amide bonds. The van der Waals surface area contributed by atoms with Crippen molar-refractivity contribution in [1.29, 1.82) is 0 Å². The van der Waals surface area contributed by atoms with Gasteiger partial charge in [-0.2, -0.15) is 0 Å². The number of halogens is 2. The molecule has 6 rings (SSSR count). The monoisotopic (exact) mass is 616 g/mol. The molecule has 0 saturated heterocycles. The van der Waals surface area contributed by atoms with Gasteiger partial charge in [-0.3, -0.25) is 19.6 Å². The van der Waals surface area contributed by atoms with Crippen LogP contribution in [0.25, 0.3) is 10.1 Å². The van der Waals surface area contributed by atoms with Gasteiger partial charge in [-0.15, -0.1) is 0 Å². The molecule has 0 aliphatic heterocycles. The lowest BCUT2D eigenvalue weighted by atomic mass is 9.77. The maximum absolute atomic E-state index is 12.8. The number of rotatable bonds is 8. The van der Waals surface area contributed by atoms with E-state index in [1.807, 2.05) is 42.7 Å². The van der Waals surface area contributed by atoms with Crippen LogP contribution in [0.1, 0.15) is 84.2 Å². The van der Waals surface area contributed by atoms with E-state index in [0.29, 0.717) is 25.3 Å². The predicted octanol–water partition coefficient (Wildman–Crippen LogP) is 6.87. The molecule has 0 radical (unpaired) electrons. The lowest BCUT2D eigenvalue weighted by molar-refractivity contribution is -0.130. The van der Waals surface area contributed by atoms with E-state index >= 15 is 0 Å². The van der Waals surface area contributed by atoms with E-state index in [-0.39, 0.29) is 17.6 Å². The Kier molecular flexibility index (Phi) is 10.4. The summed E-state index contributed by atoms with van der Waals surface area (Å²) < 4.78 is 0. The van der Waals surface area contributed by atoms with Crippen LogP contribution in [0, 0.1) is 5.92 Å². The number of nitrogens with zero attached hydrogens (tertiary/aromatic N) is 2. The molecule has 0 unspecified atom stereocenters. The second kappa shape index (κ2) is 14.4. The third kappa shape index (κ3) is 7.80. The summed E-state index contributed by atoms with van der Waals surface area (Å²) in [4.78, 5) is 34.2. The average Bonchev–Trinajstić information content (AvgIpc) is 3.61. The number of benzene rings is 1. The zero-order chi connectivity index (χ0) is 30.3. The van der Waals surface area contributed by atoms with Crippen molar-refractivity contribution in [3.63, 3.8) is 0 Å². The molecular weight excluding hydrogens is 579 g/mol. The quantitative estimate of drug-likeness (QED) is 0.288. The van der Waals surface area contributed by atoms with Gasteiger partial charge in [0.25, 0.3) is 0 Å². The molecule has 1 fully saturated rings. The van der Waals surface area contributed by atoms with Crippen LogP contribution >= 0.6 is 23.2 Å². The molecule has 0 spiro atoms. The van der Waals surface area contributed by atoms with Crippen LogP contribution in [0.3, 0.4) is 0 Å². The first-order chi connectivity index (χ1) is 20.8. The molecule has 3 aliphatic carbocycles. The van der Waals surface area contributed by atoms with Gasteiger partial charge in [-0.25, -0.2) is 0 Å². The van der Waals surface area contributed by atoms with Crippen molar-refractivity contribution >= 4 is 45.0 Å². The minimum Gasteiger partial charge on any atom is -0.346 e. The molecule has 3 atom stereocenters. The van der Waals surface area contributed by atoms with Gasteiger partial charge in [0.05, 0.1) is 17.4 Å². The van der Waals surface area contributed by atoms with E-state index in [9.17, 15) is 9.59 Å². The van der Waals surface area contributed by atoms with Crippen LogP contribution in [0.5, 0.6) is 0 Å². The van der Waals surface area contributed by atoms with Gasteiger partial charge in [0.15, 0.2) is 5.78 Å². The van der Waals surface area contributed by atoms with Crippen LogP contribution in [0.15, 0.2) is 67.0 Å². The van der Waals surface area contributed by atoms with Crippen molar-refractivity contribution in [2.24, 2.45) is 11.7 Å². The highest BCUT2D eigenvalue weighted by Crippen LogP contribution is 2.36. The fourth-order valence-electron chi connectivity index (χ4n) is 6.00. The lowest BCUT2D eigenvalue weighted by Gasteiger charge is -2.29. The summed E-state index contributed by atoms with van der Waals surface area (Å²) >= 11 is 12.2. The van der Waals surface area contributed by atoms with E-state index in [2.05, 4.69) is 39.6 Å². The Labute approximate surface area is 263 Å². The van der Waals surface area contributed by atoms with Gasteiger partial charge in [-0.05, 0) is 67.3 Å². The zero-order valence-electron chi connectivity index (χ0n) is 24.5. The molecule has 43 heavy (non-hydrogen) atoms. The van der Waals surface area contributed by atoms with Crippen LogP contribution in [0.2, 0.25) is 0 Å². The Hall–Kier alpha value is -3.32. The number of aromatic nitrogens is 2. The highest BCUT2D eigenvalue weighted by atomic mass is 35.5. The summed E-state index contributed by atoms with van der Waals surface area (Å²) in [5.41, 5.74) is 12.9. The number of nitrogens with one attached hydrogen (secondary N) is 1. The Balaban J connectivity index is 0.000000255. The van der Waals surface area contributed by atoms with Crippen molar-refractivity contribution in [2.75, 3.05) is 0 Å². The minimum atomic E-state index is -0.476. The standard InChI is InChI=1S/C26H29ClN2O2.C9H9ClN2/c1-17(25(30)13-10-18-14-22-23(27)11-12-24(22)28-16-18)29-26(31)21-9-5-8-20(15-21)19-6-3-2-4-7-19;10-8-1-2-9-7(8)3-6(4-11)5-12-9/h2-4,6-7,11,14,16-17,20-21H,5,8-10,12-13,15H2,1H3,(H,29,31);1,3,5H,2,4,11H2/t17-,20-,21+;/m0./s1. The summed E-state index contributed by atoms with van der Waals surface area (Å²) in [7, 11) is 0. The van der Waals surface area contributed by atoms with Crippen LogP contribution in [-0.2, 0) is 35.4 Å². The lowest BCUT2D eigenvalue weighted by Crippen LogP contribution is -2.42. The third-order valence-corrected chi connectivity index (χ3v) is 9.29. The largest absolute Gasteiger partial charge is 0.346 e. The number of amides is 1. The molecule has 8 heteroatoms. The Morgan fingerprint density at radius 1 is 0.953 bits per heavy atom. The number of hydrogen-bond donors (Lipinski definition) is 2. The number of nitrogens with two attached hydrogens (primary N) is 1. The summed E-state index contributed by atoms with van der Waals surface area (Å²) in [5.74, 6) is 0.456. The molecule has 1 aromatic carbocycles. The Morgan fingerprint density at radius 2 is 1.58 bits per heavy atom. The first-order valence-electron chi connectivity index (χ1n) is 15.1. The van der Waals surface area contributed by atoms with Gasteiger partial charge in [0.1, 0.15) is 0 Å². The number of carbonyl (C=O) groups is 2. The number of Topliss-reactive ketones (excluding diaryl/α,β-unsaturated/α-hetero) is 1. The van der Waals surface area contributed by atoms with Crippen molar-refractivity contribution in [1.82, 2.24) is 15.3 Å². The van der Waals surface area contributed by atoms with E-state index in [4.69, 9.17) is 28.9 Å². The van der Waals surface area contributed by atoms with E-state index in [0.717, 1.165) is 82.2 Å². The third-order valence-electron chi connectivity index (χ3n) is 8.57. The van der Waals surface area contributed by atoms with E-state index in [1.165, 1.54) is 5.56 Å². The highest BCUT2D eigenvalue weighted by molar-refractivity contribution is 6.49. The molecule has 2 heterocycles. The maximum Gasteiger partial charge on any atom is 0.223 e. The van der Waals surface area contributed by atoms with Crippen LogP contribution in [-0.4, -0.2) is 27.7 Å². The second-order valence-corrected chi connectivity index (χ2v) is 12.4. The summed E-state index contributed by atoms with van der Waals surface area (Å²) in [6, 6.07) is 14.0. The van der Waals surface area contributed by atoms with E-state index < -0.39 is 6.04 Å². The first-order valence-corrected chi connectivity index (χ1v) is 15.8. The smallest absolute Gasteiger partial charge is 0.223 e. The van der Waals surface area contributed by atoms with Crippen molar-refractivity contribution in [3.8, 4) is 0 Å². The highest BCUT2D eigenvalue weighted by Gasteiger charge is 2.29. The fraction of sp³-hybridized carbons (Fsp3) is 0.371. The summed E-state index contributed by atoms with van der Waals surface area (Å²) in [6.45, 7) is 2.31. The van der Waals surface area contributed by atoms with Crippen LogP contribution in [0.4, 0.5) is 0 Å². The topological polar surface area (TPSA) is 98.0 Å². The SMILES string of the molecule is C[C@H](NC(=O)[C@@H]1CCC[C@H](c2ccccc2)C1)C(=O)CCc1cnc2c(c1)C(Cl)=CC2.NCc1cnc2c(c1)C(Cl)=CC2. The molecule has 2 aromatic heterocycles. The Morgan fingerprint density at radius 3 is 2.23 bits per heavy atom. The van der Waals surface area contributed by atoms with Gasteiger partial charge in [-0.1, -0.05) is 72.1 Å². The molecule has 3 N–H and O–H groups in total. The number of carbonyl (C=O) groups excluding carboxylic acids is 2. The number of fused-ring (bicyclic) bond motifs is 2. The number of pyridine rings is 2. The van der Waals surface area contributed by atoms with Gasteiger partial charge >= 0.3 is 0 Å². The summed E-state index contributed by atoms with van der Waals surface area (Å²) in [6.07, 6.45) is 14.1. The van der Waals surface area contributed by atoms with Gasteiger partial charge in [0.2, 0.25) is 5.91 Å². The van der Waals surface area contributed by atoms with Gasteiger partial charge in [0, 0.05) is 65.3 Å². The molecular formula is C35H38Cl2N4O2. The summed E-state index contributed by atoms with van der Waals surface area (Å²) in [5, 5.41) is 4.50. The average molecular weight is 618 g/mol. The number of aryl methyl sites for hydroxylation is 1. The van der Waals surface area contributed by atoms with Crippen molar-refractivity contribution < 1.29 is 9.59 Å². The molecule has 0 bridgehead atoms. The molecule has 6 nitrogen and oxygen atoms in total. The fourth-order valence-corrected chi connectivity index (χ4v) is 6.49. The predicted molar refractivity (Wildman–Crippen MR) is 174 cm³/mol. The normalized spacial score (nSPS) is 19.3.